The molecule has 2 aromatic rings. The molecule has 0 aliphatic carbocycles. The molecule has 2 amide bonds. The van der Waals surface area contributed by atoms with E-state index >= 15 is 0 Å². The molecule has 0 saturated carbocycles. The zero-order chi connectivity index (χ0) is 17.9. The average Bonchev–Trinajstić information content (AvgIpc) is 2.61. The molecular formula is C19H23FN2O3. The molecule has 2 aromatic carbocycles. The first-order valence-electron chi connectivity index (χ1n) is 8.33. The van der Waals surface area contributed by atoms with Crippen LogP contribution in [0.3, 0.4) is 0 Å². The van der Waals surface area contributed by atoms with Gasteiger partial charge < -0.3 is 20.1 Å². The molecule has 0 aliphatic rings. The van der Waals surface area contributed by atoms with Crippen molar-refractivity contribution in [2.24, 2.45) is 0 Å². The lowest BCUT2D eigenvalue weighted by atomic mass is 10.3. The Morgan fingerprint density at radius 3 is 2.28 bits per heavy atom. The van der Waals surface area contributed by atoms with Crippen molar-refractivity contribution in [2.75, 3.05) is 25.1 Å². The van der Waals surface area contributed by atoms with Crippen molar-refractivity contribution in [1.82, 2.24) is 5.32 Å². The van der Waals surface area contributed by atoms with Crippen LogP contribution >= 0.6 is 0 Å². The lowest BCUT2D eigenvalue weighted by Gasteiger charge is -2.09. The maximum absolute atomic E-state index is 12.8. The summed E-state index contributed by atoms with van der Waals surface area (Å²) in [5.41, 5.74) is 0.709. The van der Waals surface area contributed by atoms with Crippen molar-refractivity contribution < 1.29 is 18.7 Å². The predicted molar refractivity (Wildman–Crippen MR) is 95.8 cm³/mol. The minimum absolute atomic E-state index is 0.247. The number of hydrogen-bond acceptors (Lipinski definition) is 3. The fourth-order valence-electron chi connectivity index (χ4n) is 2.13. The topological polar surface area (TPSA) is 59.6 Å². The van der Waals surface area contributed by atoms with Crippen LogP contribution in [0.4, 0.5) is 14.9 Å². The highest BCUT2D eigenvalue weighted by atomic mass is 19.1. The third kappa shape index (κ3) is 7.12. The van der Waals surface area contributed by atoms with Crippen molar-refractivity contribution in [2.45, 2.75) is 19.8 Å². The van der Waals surface area contributed by atoms with Gasteiger partial charge in [0.1, 0.15) is 17.3 Å². The number of urea groups is 1. The van der Waals surface area contributed by atoms with E-state index in [0.717, 1.165) is 18.6 Å². The summed E-state index contributed by atoms with van der Waals surface area (Å²) in [5, 5.41) is 5.55. The van der Waals surface area contributed by atoms with Gasteiger partial charge in [-0.3, -0.25) is 0 Å². The van der Waals surface area contributed by atoms with Crippen molar-refractivity contribution >= 4 is 11.7 Å². The van der Waals surface area contributed by atoms with Gasteiger partial charge in [0, 0.05) is 12.2 Å². The second kappa shape index (κ2) is 10.2. The van der Waals surface area contributed by atoms with E-state index in [4.69, 9.17) is 9.47 Å². The fourth-order valence-corrected chi connectivity index (χ4v) is 2.13. The zero-order valence-corrected chi connectivity index (χ0v) is 14.3. The number of carbonyl (C=O) groups excluding carboxylic acids is 1. The van der Waals surface area contributed by atoms with E-state index in [9.17, 15) is 9.18 Å². The number of hydrogen-bond donors (Lipinski definition) is 2. The molecule has 0 spiro atoms. The molecule has 0 unspecified atom stereocenters. The quantitative estimate of drug-likeness (QED) is 0.669. The van der Waals surface area contributed by atoms with Crippen LogP contribution in [0.2, 0.25) is 0 Å². The maximum Gasteiger partial charge on any atom is 0.319 e. The first-order valence-corrected chi connectivity index (χ1v) is 8.33. The van der Waals surface area contributed by atoms with Crippen LogP contribution in [0, 0.1) is 5.82 Å². The Kier molecular flexibility index (Phi) is 7.56. The highest BCUT2D eigenvalue weighted by Gasteiger charge is 2.01. The SMILES string of the molecule is CCOc1ccc(NC(=O)NCCCCOc2ccc(F)cc2)cc1. The van der Waals surface area contributed by atoms with Crippen LogP contribution in [0.1, 0.15) is 19.8 Å². The van der Waals surface area contributed by atoms with Gasteiger partial charge in [0.05, 0.1) is 13.2 Å². The Morgan fingerprint density at radius 2 is 1.60 bits per heavy atom. The summed E-state index contributed by atoms with van der Waals surface area (Å²) >= 11 is 0. The summed E-state index contributed by atoms with van der Waals surface area (Å²) in [4.78, 5) is 11.8. The Labute approximate surface area is 147 Å². The van der Waals surface area contributed by atoms with Crippen molar-refractivity contribution in [1.29, 1.82) is 0 Å². The standard InChI is InChI=1S/C19H23FN2O3/c1-2-24-17-11-7-16(8-12-17)22-19(23)21-13-3-4-14-25-18-9-5-15(20)6-10-18/h5-12H,2-4,13-14H2,1H3,(H2,21,22,23). The van der Waals surface area contributed by atoms with Crippen LogP contribution in [0.5, 0.6) is 11.5 Å². The number of halogens is 1. The van der Waals surface area contributed by atoms with Crippen LogP contribution in [0.15, 0.2) is 48.5 Å². The van der Waals surface area contributed by atoms with E-state index in [2.05, 4.69) is 10.6 Å². The van der Waals surface area contributed by atoms with E-state index in [1.54, 1.807) is 24.3 Å². The second-order valence-corrected chi connectivity index (χ2v) is 5.35. The highest BCUT2D eigenvalue weighted by molar-refractivity contribution is 5.89. The first kappa shape index (κ1) is 18.6. The third-order valence-electron chi connectivity index (χ3n) is 3.36. The Bertz CT molecular complexity index is 645. The number of nitrogens with one attached hydrogen (secondary N) is 2. The van der Waals surface area contributed by atoms with Crippen molar-refractivity contribution in [3.8, 4) is 11.5 Å². The number of unbranched alkanes of at least 4 members (excludes halogenated alkanes) is 1. The van der Waals surface area contributed by atoms with Gasteiger partial charge in [-0.25, -0.2) is 9.18 Å². The van der Waals surface area contributed by atoms with Crippen LogP contribution in [-0.4, -0.2) is 25.8 Å². The molecule has 0 radical (unpaired) electrons. The van der Waals surface area contributed by atoms with Gasteiger partial charge in [0.25, 0.3) is 0 Å². The third-order valence-corrected chi connectivity index (χ3v) is 3.36. The zero-order valence-electron chi connectivity index (χ0n) is 14.3. The number of anilines is 1. The monoisotopic (exact) mass is 346 g/mol. The summed E-state index contributed by atoms with van der Waals surface area (Å²) in [6.07, 6.45) is 1.58. The maximum atomic E-state index is 12.8. The molecular weight excluding hydrogens is 323 g/mol. The fraction of sp³-hybridized carbons (Fsp3) is 0.316. The largest absolute Gasteiger partial charge is 0.494 e. The molecule has 0 saturated heterocycles. The van der Waals surface area contributed by atoms with Crippen LogP contribution < -0.4 is 20.1 Å². The van der Waals surface area contributed by atoms with E-state index in [0.29, 0.717) is 31.2 Å². The number of amides is 2. The molecule has 0 aliphatic heterocycles. The van der Waals surface area contributed by atoms with Gasteiger partial charge in [0.15, 0.2) is 0 Å². The van der Waals surface area contributed by atoms with E-state index in [1.807, 2.05) is 19.1 Å². The Hall–Kier alpha value is -2.76. The Morgan fingerprint density at radius 1 is 0.960 bits per heavy atom. The smallest absolute Gasteiger partial charge is 0.319 e. The predicted octanol–water partition coefficient (Wildman–Crippen LogP) is 4.21. The summed E-state index contributed by atoms with van der Waals surface area (Å²) in [6, 6.07) is 12.9. The lowest BCUT2D eigenvalue weighted by Crippen LogP contribution is -2.29. The van der Waals surface area contributed by atoms with Crippen LogP contribution in [0.25, 0.3) is 0 Å². The number of rotatable bonds is 9. The summed E-state index contributed by atoms with van der Waals surface area (Å²) in [7, 11) is 0. The highest BCUT2D eigenvalue weighted by Crippen LogP contribution is 2.15. The molecule has 0 bridgehead atoms. The molecule has 25 heavy (non-hydrogen) atoms. The van der Waals surface area contributed by atoms with Gasteiger partial charge in [-0.1, -0.05) is 0 Å². The second-order valence-electron chi connectivity index (χ2n) is 5.35. The first-order chi connectivity index (χ1) is 12.2. The normalized spacial score (nSPS) is 10.2. The molecule has 2 N–H and O–H groups in total. The molecule has 2 rings (SSSR count). The van der Waals surface area contributed by atoms with E-state index in [1.165, 1.54) is 12.1 Å². The van der Waals surface area contributed by atoms with Crippen LogP contribution in [-0.2, 0) is 0 Å². The minimum Gasteiger partial charge on any atom is -0.494 e. The summed E-state index contributed by atoms with van der Waals surface area (Å²) in [6.45, 7) is 3.60. The van der Waals surface area contributed by atoms with E-state index in [-0.39, 0.29) is 11.8 Å². The molecule has 134 valence electrons. The molecule has 5 nitrogen and oxygen atoms in total. The minimum atomic E-state index is -0.282. The molecule has 0 heterocycles. The molecule has 0 atom stereocenters. The summed E-state index contributed by atoms with van der Waals surface area (Å²) < 4.78 is 23.6. The molecule has 0 fully saturated rings. The lowest BCUT2D eigenvalue weighted by molar-refractivity contribution is 0.251. The van der Waals surface area contributed by atoms with Gasteiger partial charge in [-0.2, -0.15) is 0 Å². The van der Waals surface area contributed by atoms with E-state index < -0.39 is 0 Å². The van der Waals surface area contributed by atoms with Gasteiger partial charge in [-0.05, 0) is 68.3 Å². The Balaban J connectivity index is 1.56. The molecule has 0 aromatic heterocycles. The van der Waals surface area contributed by atoms with Gasteiger partial charge in [-0.15, -0.1) is 0 Å². The number of benzene rings is 2. The van der Waals surface area contributed by atoms with Gasteiger partial charge >= 0.3 is 6.03 Å². The number of carbonyl (C=O) groups is 1. The van der Waals surface area contributed by atoms with Crippen molar-refractivity contribution in [3.63, 3.8) is 0 Å². The number of ether oxygens (including phenoxy) is 2. The molecule has 6 heteroatoms. The van der Waals surface area contributed by atoms with Crippen molar-refractivity contribution in [3.05, 3.63) is 54.3 Å². The van der Waals surface area contributed by atoms with Gasteiger partial charge in [0.2, 0.25) is 0 Å². The average molecular weight is 346 g/mol. The summed E-state index contributed by atoms with van der Waals surface area (Å²) in [5.74, 6) is 1.13.